The second-order valence-corrected chi connectivity index (χ2v) is 5.40. The summed E-state index contributed by atoms with van der Waals surface area (Å²) >= 11 is 3.14. The van der Waals surface area contributed by atoms with Gasteiger partial charge in [-0.15, -0.1) is 5.10 Å². The molecule has 0 fully saturated rings. The van der Waals surface area contributed by atoms with Gasteiger partial charge in [-0.25, -0.2) is 0 Å². The molecule has 1 aromatic rings. The Hall–Kier alpha value is -0.330. The fourth-order valence-electron chi connectivity index (χ4n) is 1.23. The predicted octanol–water partition coefficient (Wildman–Crippen LogP) is 1.69. The van der Waals surface area contributed by atoms with Crippen LogP contribution in [0.1, 0.15) is 19.0 Å². The van der Waals surface area contributed by atoms with Gasteiger partial charge in [-0.05, 0) is 32.4 Å². The van der Waals surface area contributed by atoms with Crippen molar-refractivity contribution in [1.29, 1.82) is 0 Å². The number of hydrogen-bond donors (Lipinski definition) is 1. The molecule has 1 aromatic heterocycles. The van der Waals surface area contributed by atoms with E-state index in [4.69, 9.17) is 5.73 Å². The lowest BCUT2D eigenvalue weighted by molar-refractivity contribution is 0.242. The zero-order valence-electron chi connectivity index (χ0n) is 9.43. The molecule has 86 valence electrons. The maximum absolute atomic E-state index is 5.75. The predicted molar refractivity (Wildman–Crippen MR) is 68.2 cm³/mol. The van der Waals surface area contributed by atoms with Crippen molar-refractivity contribution in [2.75, 3.05) is 24.8 Å². The van der Waals surface area contributed by atoms with Crippen molar-refractivity contribution < 1.29 is 0 Å². The molecular weight excluding hydrogens is 228 g/mol. The Morgan fingerprint density at radius 3 is 2.87 bits per heavy atom. The van der Waals surface area contributed by atoms with Gasteiger partial charge in [-0.3, -0.25) is 4.90 Å². The third-order valence-corrected chi connectivity index (χ3v) is 3.72. The first-order valence-corrected chi connectivity index (χ1v) is 7.07. The lowest BCUT2D eigenvalue weighted by Gasteiger charge is -2.23. The first-order chi connectivity index (χ1) is 7.15. The quantitative estimate of drug-likeness (QED) is 0.828. The highest BCUT2D eigenvalue weighted by Gasteiger charge is 2.12. The maximum atomic E-state index is 5.75. The number of hydrogen-bond acceptors (Lipinski definition) is 6. The Bertz CT molecular complexity index is 289. The fraction of sp³-hybridized carbons (Fsp3) is 0.778. The zero-order chi connectivity index (χ0) is 11.3. The number of anilines is 1. The Morgan fingerprint density at radius 2 is 2.33 bits per heavy atom. The second kappa shape index (κ2) is 6.30. The largest absolute Gasteiger partial charge is 0.388 e. The van der Waals surface area contributed by atoms with Crippen molar-refractivity contribution in [2.24, 2.45) is 0 Å². The average Bonchev–Trinajstić information content (AvgIpc) is 2.61. The summed E-state index contributed by atoms with van der Waals surface area (Å²) in [5.41, 5.74) is 6.65. The van der Waals surface area contributed by atoms with Crippen LogP contribution in [0.4, 0.5) is 5.00 Å². The van der Waals surface area contributed by atoms with E-state index in [1.165, 1.54) is 23.7 Å². The van der Waals surface area contributed by atoms with E-state index in [1.807, 2.05) is 11.8 Å². The first kappa shape index (κ1) is 12.7. The third kappa shape index (κ3) is 3.96. The van der Waals surface area contributed by atoms with Gasteiger partial charge in [0.2, 0.25) is 0 Å². The zero-order valence-corrected chi connectivity index (χ0v) is 11.1. The van der Waals surface area contributed by atoms with Crippen molar-refractivity contribution >= 4 is 28.3 Å². The molecule has 0 spiro atoms. The van der Waals surface area contributed by atoms with Crippen LogP contribution in [0.25, 0.3) is 0 Å². The highest BCUT2D eigenvalue weighted by molar-refractivity contribution is 7.98. The summed E-state index contributed by atoms with van der Waals surface area (Å²) in [4.78, 5) is 2.27. The minimum Gasteiger partial charge on any atom is -0.388 e. The maximum Gasteiger partial charge on any atom is 0.132 e. The summed E-state index contributed by atoms with van der Waals surface area (Å²) in [5.74, 6) is 1.19. The van der Waals surface area contributed by atoms with Gasteiger partial charge in [-0.1, -0.05) is 4.49 Å². The molecule has 0 saturated carbocycles. The van der Waals surface area contributed by atoms with Gasteiger partial charge in [0.25, 0.3) is 0 Å². The number of rotatable bonds is 6. The normalized spacial score (nSPS) is 13.3. The van der Waals surface area contributed by atoms with Crippen LogP contribution in [-0.2, 0) is 6.54 Å². The van der Waals surface area contributed by atoms with Gasteiger partial charge < -0.3 is 5.73 Å². The van der Waals surface area contributed by atoms with Gasteiger partial charge >= 0.3 is 0 Å². The number of aromatic nitrogens is 2. The summed E-state index contributed by atoms with van der Waals surface area (Å²) in [5, 5.41) is 4.75. The Morgan fingerprint density at radius 1 is 1.60 bits per heavy atom. The van der Waals surface area contributed by atoms with E-state index in [9.17, 15) is 0 Å². The molecule has 0 aliphatic carbocycles. The van der Waals surface area contributed by atoms with Gasteiger partial charge in [0.1, 0.15) is 10.7 Å². The molecule has 6 heteroatoms. The molecule has 0 amide bonds. The Kier molecular flexibility index (Phi) is 5.35. The van der Waals surface area contributed by atoms with E-state index in [-0.39, 0.29) is 0 Å². The number of nitrogen functional groups attached to an aromatic ring is 1. The highest BCUT2D eigenvalue weighted by Crippen LogP contribution is 2.16. The van der Waals surface area contributed by atoms with Gasteiger partial charge in [-0.2, -0.15) is 11.8 Å². The molecule has 2 N–H and O–H groups in total. The molecular formula is C9H18N4S2. The smallest absolute Gasteiger partial charge is 0.132 e. The summed E-state index contributed by atoms with van der Waals surface area (Å²) in [6.45, 7) is 3.02. The Balaban J connectivity index is 2.41. The van der Waals surface area contributed by atoms with Crippen molar-refractivity contribution in [3.05, 3.63) is 5.69 Å². The van der Waals surface area contributed by atoms with Gasteiger partial charge in [0.15, 0.2) is 0 Å². The van der Waals surface area contributed by atoms with E-state index in [0.29, 0.717) is 6.04 Å². The molecule has 15 heavy (non-hydrogen) atoms. The minimum absolute atomic E-state index is 0.554. The minimum atomic E-state index is 0.554. The lowest BCUT2D eigenvalue weighted by Crippen LogP contribution is -2.29. The standard InChI is InChI=1S/C9H18N4S2/c1-7(4-5-14-3)13(2)6-8-9(10)15-12-11-8/h7H,4-6,10H2,1-3H3. The average molecular weight is 246 g/mol. The number of nitrogens with two attached hydrogens (primary N) is 1. The van der Waals surface area contributed by atoms with Crippen LogP contribution < -0.4 is 5.73 Å². The highest BCUT2D eigenvalue weighted by atomic mass is 32.2. The molecule has 1 atom stereocenters. The fourth-order valence-corrected chi connectivity index (χ4v) is 2.24. The molecule has 4 nitrogen and oxygen atoms in total. The van der Waals surface area contributed by atoms with Crippen LogP contribution in [-0.4, -0.2) is 39.6 Å². The third-order valence-electron chi connectivity index (χ3n) is 2.48. The summed E-state index contributed by atoms with van der Waals surface area (Å²) < 4.78 is 3.83. The molecule has 0 saturated heterocycles. The summed E-state index contributed by atoms with van der Waals surface area (Å²) in [6, 6.07) is 0.554. The molecule has 1 rings (SSSR count). The second-order valence-electron chi connectivity index (χ2n) is 3.63. The number of thioether (sulfide) groups is 1. The van der Waals surface area contributed by atoms with Crippen LogP contribution in [0.15, 0.2) is 0 Å². The SMILES string of the molecule is CSCCC(C)N(C)Cc1nnsc1N. The van der Waals surface area contributed by atoms with E-state index in [1.54, 1.807) is 0 Å². The van der Waals surface area contributed by atoms with Gasteiger partial charge in [0.05, 0.1) is 0 Å². The summed E-state index contributed by atoms with van der Waals surface area (Å²) in [6.07, 6.45) is 3.32. The topological polar surface area (TPSA) is 55.0 Å². The monoisotopic (exact) mass is 246 g/mol. The molecule has 1 heterocycles. The van der Waals surface area contributed by atoms with Crippen molar-refractivity contribution in [1.82, 2.24) is 14.5 Å². The van der Waals surface area contributed by atoms with Crippen LogP contribution in [0, 0.1) is 0 Å². The van der Waals surface area contributed by atoms with Crippen LogP contribution in [0.3, 0.4) is 0 Å². The lowest BCUT2D eigenvalue weighted by atomic mass is 10.2. The molecule has 0 radical (unpaired) electrons. The van der Waals surface area contributed by atoms with Crippen molar-refractivity contribution in [2.45, 2.75) is 25.9 Å². The summed E-state index contributed by atoms with van der Waals surface area (Å²) in [7, 11) is 2.10. The first-order valence-electron chi connectivity index (χ1n) is 4.91. The number of nitrogens with zero attached hydrogens (tertiary/aromatic N) is 3. The van der Waals surface area contributed by atoms with E-state index >= 15 is 0 Å². The van der Waals surface area contributed by atoms with Crippen molar-refractivity contribution in [3.63, 3.8) is 0 Å². The Labute approximate surface area is 99.4 Å². The van der Waals surface area contributed by atoms with Crippen LogP contribution in [0.2, 0.25) is 0 Å². The van der Waals surface area contributed by atoms with E-state index < -0.39 is 0 Å². The van der Waals surface area contributed by atoms with Crippen molar-refractivity contribution in [3.8, 4) is 0 Å². The van der Waals surface area contributed by atoms with Crippen LogP contribution >= 0.6 is 23.3 Å². The van der Waals surface area contributed by atoms with E-state index in [0.717, 1.165) is 17.2 Å². The molecule has 0 bridgehead atoms. The van der Waals surface area contributed by atoms with Crippen LogP contribution in [0.5, 0.6) is 0 Å². The molecule has 0 aliphatic heterocycles. The molecule has 1 unspecified atom stereocenters. The van der Waals surface area contributed by atoms with Gasteiger partial charge in [0, 0.05) is 24.1 Å². The molecule has 0 aromatic carbocycles. The molecule has 0 aliphatic rings. The van der Waals surface area contributed by atoms with E-state index in [2.05, 4.69) is 34.7 Å².